The Morgan fingerprint density at radius 2 is 2.22 bits per heavy atom. The molecule has 18 heavy (non-hydrogen) atoms. The average Bonchev–Trinajstić information content (AvgIpc) is 3.10. The van der Waals surface area contributed by atoms with Gasteiger partial charge in [0.05, 0.1) is 12.1 Å². The molecular weight excluding hydrogens is 270 g/mol. The summed E-state index contributed by atoms with van der Waals surface area (Å²) < 4.78 is 5.80. The van der Waals surface area contributed by atoms with Crippen molar-refractivity contribution < 1.29 is 4.74 Å². The van der Waals surface area contributed by atoms with E-state index in [4.69, 9.17) is 16.3 Å². The van der Waals surface area contributed by atoms with Crippen LogP contribution in [0.25, 0.3) is 0 Å². The molecule has 2 unspecified atom stereocenters. The minimum absolute atomic E-state index is 0.344. The number of aromatic nitrogens is 2. The van der Waals surface area contributed by atoms with Gasteiger partial charge in [-0.05, 0) is 31.4 Å². The molecule has 98 valence electrons. The maximum Gasteiger partial charge on any atom is 0.190 e. The third kappa shape index (κ3) is 2.73. The van der Waals surface area contributed by atoms with Crippen molar-refractivity contribution in [2.75, 3.05) is 18.2 Å². The fourth-order valence-corrected chi connectivity index (χ4v) is 3.02. The average molecular weight is 286 g/mol. The summed E-state index contributed by atoms with van der Waals surface area (Å²) in [6.07, 6.45) is 5.92. The molecule has 1 aliphatic carbocycles. The van der Waals surface area contributed by atoms with Crippen LogP contribution in [0.4, 0.5) is 5.82 Å². The number of hydrogen-bond donors (Lipinski definition) is 1. The quantitative estimate of drug-likeness (QED) is 0.524. The Labute approximate surface area is 116 Å². The molecule has 0 spiro atoms. The molecule has 0 amide bonds. The van der Waals surface area contributed by atoms with Crippen LogP contribution in [0.15, 0.2) is 11.2 Å². The molecule has 0 radical (unpaired) electrons. The Kier molecular flexibility index (Phi) is 3.63. The van der Waals surface area contributed by atoms with Gasteiger partial charge in [0.2, 0.25) is 0 Å². The van der Waals surface area contributed by atoms with Crippen LogP contribution in [0.2, 0.25) is 5.15 Å². The predicted molar refractivity (Wildman–Crippen MR) is 73.3 cm³/mol. The predicted octanol–water partition coefficient (Wildman–Crippen LogP) is 2.83. The van der Waals surface area contributed by atoms with E-state index in [-0.39, 0.29) is 0 Å². The van der Waals surface area contributed by atoms with Crippen LogP contribution in [0, 0.1) is 5.92 Å². The van der Waals surface area contributed by atoms with Crippen LogP contribution in [-0.2, 0) is 4.74 Å². The molecule has 2 heterocycles. The number of thioether (sulfide) groups is 1. The van der Waals surface area contributed by atoms with Crippen molar-refractivity contribution in [2.45, 2.75) is 36.6 Å². The summed E-state index contributed by atoms with van der Waals surface area (Å²) >= 11 is 7.49. The number of anilines is 1. The Hall–Kier alpha value is -0.520. The molecule has 3 rings (SSSR count). The van der Waals surface area contributed by atoms with Crippen LogP contribution in [-0.4, -0.2) is 35.0 Å². The fourth-order valence-electron chi connectivity index (χ4n) is 2.41. The molecule has 2 fully saturated rings. The molecule has 2 aliphatic rings. The summed E-state index contributed by atoms with van der Waals surface area (Å²) in [5, 5.41) is 4.64. The third-order valence-electron chi connectivity index (χ3n) is 3.41. The highest BCUT2D eigenvalue weighted by Crippen LogP contribution is 2.39. The molecule has 1 aliphatic heterocycles. The summed E-state index contributed by atoms with van der Waals surface area (Å²) in [5.41, 5.74) is 0. The Balaban J connectivity index is 1.73. The summed E-state index contributed by atoms with van der Waals surface area (Å²) in [6, 6.07) is 2.14. The van der Waals surface area contributed by atoms with E-state index >= 15 is 0 Å². The van der Waals surface area contributed by atoms with E-state index in [9.17, 15) is 0 Å². The van der Waals surface area contributed by atoms with Gasteiger partial charge in [0.25, 0.3) is 0 Å². The van der Waals surface area contributed by atoms with Gasteiger partial charge in [-0.15, -0.1) is 0 Å². The van der Waals surface area contributed by atoms with Gasteiger partial charge in [-0.3, -0.25) is 0 Å². The Morgan fingerprint density at radius 1 is 1.39 bits per heavy atom. The number of hydrogen-bond acceptors (Lipinski definition) is 5. The van der Waals surface area contributed by atoms with Crippen LogP contribution in [0.5, 0.6) is 0 Å². The van der Waals surface area contributed by atoms with Gasteiger partial charge in [-0.1, -0.05) is 23.4 Å². The van der Waals surface area contributed by atoms with Crippen molar-refractivity contribution in [3.05, 3.63) is 11.2 Å². The van der Waals surface area contributed by atoms with E-state index in [2.05, 4.69) is 15.3 Å². The topological polar surface area (TPSA) is 47.0 Å². The molecule has 2 atom stereocenters. The van der Waals surface area contributed by atoms with Crippen molar-refractivity contribution in [1.29, 1.82) is 0 Å². The number of nitrogens with zero attached hydrogens (tertiary/aromatic N) is 2. The highest BCUT2D eigenvalue weighted by molar-refractivity contribution is 7.98. The lowest BCUT2D eigenvalue weighted by atomic mass is 10.1. The highest BCUT2D eigenvalue weighted by Gasteiger charge is 2.40. The fraction of sp³-hybridized carbons (Fsp3) is 0.667. The van der Waals surface area contributed by atoms with Gasteiger partial charge in [-0.25, -0.2) is 9.97 Å². The first-order valence-electron chi connectivity index (χ1n) is 6.23. The van der Waals surface area contributed by atoms with Gasteiger partial charge < -0.3 is 10.1 Å². The van der Waals surface area contributed by atoms with E-state index in [0.717, 1.165) is 24.8 Å². The van der Waals surface area contributed by atoms with Crippen LogP contribution >= 0.6 is 23.4 Å². The molecule has 4 nitrogen and oxygen atoms in total. The second-order valence-corrected chi connectivity index (χ2v) is 5.94. The van der Waals surface area contributed by atoms with Crippen molar-refractivity contribution >= 4 is 29.2 Å². The zero-order valence-electron chi connectivity index (χ0n) is 10.2. The van der Waals surface area contributed by atoms with Gasteiger partial charge >= 0.3 is 0 Å². The van der Waals surface area contributed by atoms with Crippen molar-refractivity contribution in [3.63, 3.8) is 0 Å². The van der Waals surface area contributed by atoms with Gasteiger partial charge in [-0.2, -0.15) is 0 Å². The number of rotatable bonds is 4. The highest BCUT2D eigenvalue weighted by atomic mass is 35.5. The molecule has 1 saturated carbocycles. The van der Waals surface area contributed by atoms with Crippen LogP contribution in [0.1, 0.15) is 19.3 Å². The van der Waals surface area contributed by atoms with Crippen LogP contribution < -0.4 is 5.32 Å². The standard InChI is InChI=1S/C12H16ClN3OS/c1-18-12-15-9(13)6-10(16-12)14-8-4-5-17-11(8)7-2-3-7/h6-8,11H,2-5H2,1H3,(H,14,15,16). The zero-order chi connectivity index (χ0) is 12.5. The van der Waals surface area contributed by atoms with E-state index in [1.165, 1.54) is 24.6 Å². The van der Waals surface area contributed by atoms with Gasteiger partial charge in [0, 0.05) is 12.7 Å². The summed E-state index contributed by atoms with van der Waals surface area (Å²) in [6.45, 7) is 0.840. The van der Waals surface area contributed by atoms with E-state index < -0.39 is 0 Å². The largest absolute Gasteiger partial charge is 0.376 e. The number of nitrogens with one attached hydrogen (secondary N) is 1. The van der Waals surface area contributed by atoms with Crippen LogP contribution in [0.3, 0.4) is 0 Å². The zero-order valence-corrected chi connectivity index (χ0v) is 11.8. The molecule has 1 aromatic rings. The molecule has 1 N–H and O–H groups in total. The number of ether oxygens (including phenoxy) is 1. The SMILES string of the molecule is CSc1nc(Cl)cc(NC2CCOC2C2CC2)n1. The van der Waals surface area contributed by atoms with Gasteiger partial charge in [0.15, 0.2) is 5.16 Å². The number of halogens is 1. The smallest absolute Gasteiger partial charge is 0.190 e. The second kappa shape index (κ2) is 5.23. The first kappa shape index (κ1) is 12.5. The lowest BCUT2D eigenvalue weighted by Gasteiger charge is -2.20. The molecule has 1 saturated heterocycles. The van der Waals surface area contributed by atoms with Crippen molar-refractivity contribution in [2.24, 2.45) is 5.92 Å². The summed E-state index contributed by atoms with van der Waals surface area (Å²) in [7, 11) is 0. The normalized spacial score (nSPS) is 27.4. The van der Waals surface area contributed by atoms with Gasteiger partial charge in [0.1, 0.15) is 11.0 Å². The summed E-state index contributed by atoms with van der Waals surface area (Å²) in [5.74, 6) is 1.54. The molecule has 6 heteroatoms. The monoisotopic (exact) mass is 285 g/mol. The lowest BCUT2D eigenvalue weighted by Crippen LogP contribution is -2.31. The van der Waals surface area contributed by atoms with Crippen molar-refractivity contribution in [3.8, 4) is 0 Å². The Bertz CT molecular complexity index is 441. The Morgan fingerprint density at radius 3 is 2.94 bits per heavy atom. The maximum atomic E-state index is 5.99. The van der Waals surface area contributed by atoms with E-state index in [1.807, 2.05) is 6.26 Å². The van der Waals surface area contributed by atoms with E-state index in [1.54, 1.807) is 6.07 Å². The molecular formula is C12H16ClN3OS. The first-order chi connectivity index (χ1) is 8.76. The molecule has 1 aromatic heterocycles. The third-order valence-corrected chi connectivity index (χ3v) is 4.15. The first-order valence-corrected chi connectivity index (χ1v) is 7.83. The van der Waals surface area contributed by atoms with E-state index in [0.29, 0.717) is 22.5 Å². The minimum Gasteiger partial charge on any atom is -0.376 e. The second-order valence-electron chi connectivity index (χ2n) is 4.77. The lowest BCUT2D eigenvalue weighted by molar-refractivity contribution is 0.0898. The maximum absolute atomic E-state index is 5.99. The molecule has 0 bridgehead atoms. The molecule has 0 aromatic carbocycles. The summed E-state index contributed by atoms with van der Waals surface area (Å²) in [4.78, 5) is 8.57. The van der Waals surface area contributed by atoms with Crippen molar-refractivity contribution in [1.82, 2.24) is 9.97 Å². The minimum atomic E-state index is 0.344.